The van der Waals surface area contributed by atoms with Crippen LogP contribution < -0.4 is 5.32 Å². The fraction of sp³-hybridized carbons (Fsp3) is 0.227. The molecule has 1 amide bonds. The van der Waals surface area contributed by atoms with Crippen LogP contribution in [0.2, 0.25) is 0 Å². The van der Waals surface area contributed by atoms with Gasteiger partial charge in [0.1, 0.15) is 12.1 Å². The summed E-state index contributed by atoms with van der Waals surface area (Å²) >= 11 is 0. The van der Waals surface area contributed by atoms with Gasteiger partial charge < -0.3 is 14.3 Å². The molecule has 4 rings (SSSR count). The number of hydrogen-bond acceptors (Lipinski definition) is 7. The highest BCUT2D eigenvalue weighted by molar-refractivity contribution is 5.94. The average molecular weight is 421 g/mol. The molecule has 4 aromatic rings. The Morgan fingerprint density at radius 3 is 2.61 bits per heavy atom. The monoisotopic (exact) mass is 421 g/mol. The minimum Gasteiger partial charge on any atom is -0.444 e. The van der Waals surface area contributed by atoms with E-state index in [-0.39, 0.29) is 11.7 Å². The zero-order chi connectivity index (χ0) is 22.0. The smallest absolute Gasteiger partial charge is 0.252 e. The van der Waals surface area contributed by atoms with Crippen LogP contribution in [0.4, 0.5) is 4.39 Å². The third kappa shape index (κ3) is 4.50. The van der Waals surface area contributed by atoms with E-state index < -0.39 is 5.41 Å². The van der Waals surface area contributed by atoms with Crippen molar-refractivity contribution in [2.75, 3.05) is 6.54 Å². The second-order valence-corrected chi connectivity index (χ2v) is 7.71. The molecule has 0 saturated carbocycles. The van der Waals surface area contributed by atoms with Gasteiger partial charge in [-0.05, 0) is 30.3 Å². The van der Waals surface area contributed by atoms with Crippen LogP contribution in [-0.4, -0.2) is 32.6 Å². The van der Waals surface area contributed by atoms with Gasteiger partial charge in [0.15, 0.2) is 0 Å². The van der Waals surface area contributed by atoms with E-state index in [4.69, 9.17) is 8.94 Å². The van der Waals surface area contributed by atoms with Crippen molar-refractivity contribution in [2.45, 2.75) is 26.2 Å². The SMILES string of the molecule is Cc1nc(-c2cncc(C(=O)NCC(C)(C)c3coc(-c4ccc(F)cc4)n3)c2)no1. The van der Waals surface area contributed by atoms with Gasteiger partial charge in [0.05, 0.1) is 11.3 Å². The second kappa shape index (κ2) is 8.10. The zero-order valence-electron chi connectivity index (χ0n) is 17.2. The first-order chi connectivity index (χ1) is 14.8. The fourth-order valence-electron chi connectivity index (χ4n) is 2.91. The van der Waals surface area contributed by atoms with Crippen molar-refractivity contribution in [2.24, 2.45) is 0 Å². The van der Waals surface area contributed by atoms with Gasteiger partial charge in [-0.15, -0.1) is 0 Å². The molecule has 158 valence electrons. The molecule has 0 spiro atoms. The molecule has 0 unspecified atom stereocenters. The molecular weight excluding hydrogens is 401 g/mol. The number of oxazole rings is 1. The van der Waals surface area contributed by atoms with Crippen molar-refractivity contribution in [1.29, 1.82) is 0 Å². The predicted molar refractivity (Wildman–Crippen MR) is 110 cm³/mol. The molecule has 0 fully saturated rings. The second-order valence-electron chi connectivity index (χ2n) is 7.71. The van der Waals surface area contributed by atoms with Crippen LogP contribution in [0.25, 0.3) is 22.8 Å². The number of carbonyl (C=O) groups excluding carboxylic acids is 1. The van der Waals surface area contributed by atoms with E-state index >= 15 is 0 Å². The normalized spacial score (nSPS) is 11.5. The number of nitrogens with one attached hydrogen (secondary N) is 1. The molecule has 9 heteroatoms. The third-order valence-corrected chi connectivity index (χ3v) is 4.77. The summed E-state index contributed by atoms with van der Waals surface area (Å²) < 4.78 is 23.7. The summed E-state index contributed by atoms with van der Waals surface area (Å²) in [6.45, 7) is 5.88. The maximum absolute atomic E-state index is 13.1. The maximum atomic E-state index is 13.1. The van der Waals surface area contributed by atoms with Crippen LogP contribution in [0.3, 0.4) is 0 Å². The van der Waals surface area contributed by atoms with Gasteiger partial charge in [-0.3, -0.25) is 9.78 Å². The van der Waals surface area contributed by atoms with Crippen LogP contribution in [0.15, 0.2) is 57.9 Å². The molecule has 0 aliphatic heterocycles. The van der Waals surface area contributed by atoms with Gasteiger partial charge in [-0.25, -0.2) is 9.37 Å². The molecule has 3 heterocycles. The van der Waals surface area contributed by atoms with Crippen molar-refractivity contribution >= 4 is 5.91 Å². The third-order valence-electron chi connectivity index (χ3n) is 4.77. The number of aryl methyl sites for hydroxylation is 1. The van der Waals surface area contributed by atoms with E-state index in [0.29, 0.717) is 46.5 Å². The Morgan fingerprint density at radius 1 is 1.13 bits per heavy atom. The van der Waals surface area contributed by atoms with Gasteiger partial charge in [0.2, 0.25) is 17.6 Å². The van der Waals surface area contributed by atoms with Crippen LogP contribution in [0.5, 0.6) is 0 Å². The number of benzene rings is 1. The highest BCUT2D eigenvalue weighted by atomic mass is 19.1. The van der Waals surface area contributed by atoms with Gasteiger partial charge in [-0.1, -0.05) is 19.0 Å². The summed E-state index contributed by atoms with van der Waals surface area (Å²) in [5.74, 6) is 0.577. The highest BCUT2D eigenvalue weighted by Gasteiger charge is 2.26. The summed E-state index contributed by atoms with van der Waals surface area (Å²) in [6, 6.07) is 7.56. The highest BCUT2D eigenvalue weighted by Crippen LogP contribution is 2.26. The first-order valence-electron chi connectivity index (χ1n) is 9.58. The van der Waals surface area contributed by atoms with Crippen molar-refractivity contribution in [3.8, 4) is 22.8 Å². The Labute approximate surface area is 177 Å². The first kappa shape index (κ1) is 20.4. The van der Waals surface area contributed by atoms with Crippen LogP contribution in [-0.2, 0) is 5.41 Å². The largest absolute Gasteiger partial charge is 0.444 e. The summed E-state index contributed by atoms with van der Waals surface area (Å²) in [7, 11) is 0. The van der Waals surface area contributed by atoms with Gasteiger partial charge in [-0.2, -0.15) is 4.98 Å². The molecule has 0 radical (unpaired) electrons. The number of aromatic nitrogens is 4. The average Bonchev–Trinajstić information content (AvgIpc) is 3.43. The molecule has 1 N–H and O–H groups in total. The Hall–Kier alpha value is -3.88. The number of amides is 1. The Morgan fingerprint density at radius 2 is 1.90 bits per heavy atom. The lowest BCUT2D eigenvalue weighted by Crippen LogP contribution is -2.37. The van der Waals surface area contributed by atoms with Crippen molar-refractivity contribution in [3.63, 3.8) is 0 Å². The van der Waals surface area contributed by atoms with E-state index in [1.807, 2.05) is 13.8 Å². The number of rotatable bonds is 6. The Kier molecular flexibility index (Phi) is 5.33. The molecule has 0 aliphatic carbocycles. The summed E-state index contributed by atoms with van der Waals surface area (Å²) in [6.07, 6.45) is 4.59. The molecule has 3 aromatic heterocycles. The standard InChI is InChI=1S/C22H20FN5O3/c1-13-26-19(28-31-13)15-8-16(10-24-9-15)20(29)25-12-22(2,3)18-11-30-21(27-18)14-4-6-17(23)7-5-14/h4-11H,12H2,1-3H3,(H,25,29). The minimum atomic E-state index is -0.507. The van der Waals surface area contributed by atoms with Crippen molar-refractivity contribution < 1.29 is 18.1 Å². The number of halogens is 1. The Balaban J connectivity index is 1.45. The molecule has 8 nitrogen and oxygen atoms in total. The van der Waals surface area contributed by atoms with Crippen molar-refractivity contribution in [1.82, 2.24) is 25.4 Å². The Bertz CT molecular complexity index is 1210. The number of pyridine rings is 1. The lowest BCUT2D eigenvalue weighted by molar-refractivity contribution is 0.0945. The van der Waals surface area contributed by atoms with Gasteiger partial charge in [0.25, 0.3) is 5.91 Å². The molecule has 1 aromatic carbocycles. The lowest BCUT2D eigenvalue weighted by Gasteiger charge is -2.22. The van der Waals surface area contributed by atoms with E-state index in [0.717, 1.165) is 0 Å². The molecule has 0 saturated heterocycles. The van der Waals surface area contributed by atoms with Gasteiger partial charge >= 0.3 is 0 Å². The van der Waals surface area contributed by atoms with E-state index in [2.05, 4.69) is 25.4 Å². The van der Waals surface area contributed by atoms with Crippen molar-refractivity contribution in [3.05, 3.63) is 72.0 Å². The predicted octanol–water partition coefficient (Wildman–Crippen LogP) is 3.94. The molecule has 0 aliphatic rings. The minimum absolute atomic E-state index is 0.287. The van der Waals surface area contributed by atoms with E-state index in [1.165, 1.54) is 18.3 Å². The molecule has 31 heavy (non-hydrogen) atoms. The lowest BCUT2D eigenvalue weighted by atomic mass is 9.90. The maximum Gasteiger partial charge on any atom is 0.252 e. The first-order valence-corrected chi connectivity index (χ1v) is 9.58. The zero-order valence-corrected chi connectivity index (χ0v) is 17.2. The number of nitrogens with zero attached hydrogens (tertiary/aromatic N) is 4. The summed E-state index contributed by atoms with van der Waals surface area (Å²) in [5, 5.41) is 6.75. The quantitative estimate of drug-likeness (QED) is 0.502. The topological polar surface area (TPSA) is 107 Å². The van der Waals surface area contributed by atoms with Crippen LogP contribution >= 0.6 is 0 Å². The van der Waals surface area contributed by atoms with E-state index in [9.17, 15) is 9.18 Å². The molecule has 0 bridgehead atoms. The molecule has 0 atom stereocenters. The summed E-state index contributed by atoms with van der Waals surface area (Å²) in [4.78, 5) is 25.4. The fourth-order valence-corrected chi connectivity index (χ4v) is 2.91. The summed E-state index contributed by atoms with van der Waals surface area (Å²) in [5.41, 5.74) is 1.80. The van der Waals surface area contributed by atoms with Crippen LogP contribution in [0, 0.1) is 12.7 Å². The molecular formula is C22H20FN5O3. The van der Waals surface area contributed by atoms with Crippen LogP contribution in [0.1, 0.15) is 35.8 Å². The van der Waals surface area contributed by atoms with E-state index in [1.54, 1.807) is 37.6 Å². The number of carbonyl (C=O) groups is 1. The van der Waals surface area contributed by atoms with Gasteiger partial charge in [0, 0.05) is 42.4 Å². The number of hydrogen-bond donors (Lipinski definition) is 1.